The molecule has 20 heavy (non-hydrogen) atoms. The molecule has 1 aromatic rings. The van der Waals surface area contributed by atoms with Gasteiger partial charge in [-0.2, -0.15) is 0 Å². The number of rotatable bonds is 2. The minimum atomic E-state index is 0.312. The maximum atomic E-state index is 12.5. The zero-order chi connectivity index (χ0) is 13.8. The Hall–Kier alpha value is -1.51. The standard InChI is InChI=1S/C17H24N2O/c20-17(15-7-3-1-4-8-15)19-13-11-18(12-14-19)16-9-5-2-6-10-16/h2,5-6,9-10,15H,1,3-4,7-8,11-14H2/i17-1. The summed E-state index contributed by atoms with van der Waals surface area (Å²) in [6.45, 7) is 3.68. The molecule has 0 spiro atoms. The molecule has 3 heteroatoms. The average Bonchev–Trinajstić information content (AvgIpc) is 2.56. The number of amides is 1. The molecule has 3 rings (SSSR count). The highest BCUT2D eigenvalue weighted by Gasteiger charge is 2.28. The number of para-hydroxylation sites is 1. The zero-order valence-electron chi connectivity index (χ0n) is 12.1. The molecule has 3 nitrogen and oxygen atoms in total. The van der Waals surface area contributed by atoms with Crippen molar-refractivity contribution in [2.75, 3.05) is 31.1 Å². The average molecular weight is 271 g/mol. The molecule has 1 saturated carbocycles. The van der Waals surface area contributed by atoms with E-state index in [4.69, 9.17) is 0 Å². The van der Waals surface area contributed by atoms with Crippen LogP contribution < -0.4 is 4.90 Å². The van der Waals surface area contributed by atoms with Crippen LogP contribution >= 0.6 is 0 Å². The fraction of sp³-hybridized carbons (Fsp3) is 0.588. The summed E-state index contributed by atoms with van der Waals surface area (Å²) < 4.78 is 0. The molecule has 1 aromatic carbocycles. The summed E-state index contributed by atoms with van der Waals surface area (Å²) in [5, 5.41) is 0. The summed E-state index contributed by atoms with van der Waals surface area (Å²) in [6.07, 6.45) is 6.00. The van der Waals surface area contributed by atoms with Crippen LogP contribution in [0.4, 0.5) is 5.69 Å². The molecular formula is C17H24N2O. The third-order valence-corrected chi connectivity index (χ3v) is 4.67. The van der Waals surface area contributed by atoms with Gasteiger partial charge < -0.3 is 9.80 Å². The van der Waals surface area contributed by atoms with E-state index in [1.165, 1.54) is 24.9 Å². The van der Waals surface area contributed by atoms with Gasteiger partial charge in [-0.05, 0) is 25.0 Å². The quantitative estimate of drug-likeness (QED) is 0.825. The molecule has 2 aliphatic rings. The molecule has 2 fully saturated rings. The van der Waals surface area contributed by atoms with E-state index in [1.54, 1.807) is 0 Å². The lowest BCUT2D eigenvalue weighted by atomic mass is 9.70. The van der Waals surface area contributed by atoms with E-state index in [0.717, 1.165) is 39.0 Å². The Kier molecular flexibility index (Phi) is 4.24. The van der Waals surface area contributed by atoms with Crippen molar-refractivity contribution >= 4 is 11.6 Å². The van der Waals surface area contributed by atoms with E-state index >= 15 is 0 Å². The molecule has 0 atom stereocenters. The predicted octanol–water partition coefficient (Wildman–Crippen LogP) is 2.92. The first-order valence-corrected chi connectivity index (χ1v) is 7.93. The summed E-state index contributed by atoms with van der Waals surface area (Å²) >= 11 is 0. The monoisotopic (exact) mass is 271 g/mol. The Labute approximate surface area is 121 Å². The second kappa shape index (κ2) is 6.29. The number of anilines is 1. The van der Waals surface area contributed by atoms with Gasteiger partial charge in [0.2, 0.25) is 5.91 Å². The number of hydrogen-bond acceptors (Lipinski definition) is 2. The fourth-order valence-corrected chi connectivity index (χ4v) is 3.43. The van der Waals surface area contributed by atoms with Crippen LogP contribution in [0.3, 0.4) is 0 Å². The Morgan fingerprint density at radius 3 is 2.20 bits per heavy atom. The Balaban J connectivity index is 1.54. The minimum absolute atomic E-state index is 0.312. The SMILES string of the molecule is O=[11C](C1CCCCC1)N1CCN(c2ccccc2)CC1. The van der Waals surface area contributed by atoms with Gasteiger partial charge in [0, 0.05) is 37.8 Å². The molecular weight excluding hydrogens is 247 g/mol. The van der Waals surface area contributed by atoms with Crippen LogP contribution in [0, 0.1) is 5.92 Å². The molecule has 1 amide bonds. The number of nitrogens with zero attached hydrogens (tertiary/aromatic N) is 2. The van der Waals surface area contributed by atoms with E-state index < -0.39 is 0 Å². The van der Waals surface area contributed by atoms with E-state index in [9.17, 15) is 4.79 Å². The van der Waals surface area contributed by atoms with Gasteiger partial charge in [0.05, 0.1) is 0 Å². The van der Waals surface area contributed by atoms with Crippen LogP contribution in [0.1, 0.15) is 32.1 Å². The van der Waals surface area contributed by atoms with Crippen molar-refractivity contribution < 1.29 is 4.79 Å². The lowest BCUT2D eigenvalue weighted by Crippen LogP contribution is -2.50. The molecule has 1 aliphatic carbocycles. The molecule has 0 aromatic heterocycles. The first-order chi connectivity index (χ1) is 9.84. The number of piperazine rings is 1. The maximum Gasteiger partial charge on any atom is 0.225 e. The van der Waals surface area contributed by atoms with Crippen molar-refractivity contribution in [2.45, 2.75) is 32.1 Å². The normalized spacial score (nSPS) is 21.0. The molecule has 0 unspecified atom stereocenters. The Morgan fingerprint density at radius 2 is 1.55 bits per heavy atom. The lowest BCUT2D eigenvalue weighted by molar-refractivity contribution is -0.136. The van der Waals surface area contributed by atoms with Gasteiger partial charge in [-0.3, -0.25) is 4.79 Å². The summed E-state index contributed by atoms with van der Waals surface area (Å²) in [4.78, 5) is 17.0. The largest absolute Gasteiger partial charge is 0.368 e. The van der Waals surface area contributed by atoms with Crippen LogP contribution in [0.5, 0.6) is 0 Å². The lowest BCUT2D eigenvalue weighted by Gasteiger charge is -2.38. The van der Waals surface area contributed by atoms with E-state index in [0.29, 0.717) is 11.8 Å². The number of benzene rings is 1. The van der Waals surface area contributed by atoms with E-state index in [-0.39, 0.29) is 0 Å². The number of carbonyl (C=O) groups excluding carboxylic acids is 1. The van der Waals surface area contributed by atoms with Gasteiger partial charge in [0.15, 0.2) is 0 Å². The van der Waals surface area contributed by atoms with Crippen molar-refractivity contribution in [3.05, 3.63) is 30.3 Å². The Bertz CT molecular complexity index is 432. The van der Waals surface area contributed by atoms with Crippen molar-refractivity contribution in [2.24, 2.45) is 5.92 Å². The van der Waals surface area contributed by atoms with Gasteiger partial charge in [0.25, 0.3) is 0 Å². The second-order valence-electron chi connectivity index (χ2n) is 5.98. The highest BCUT2D eigenvalue weighted by molar-refractivity contribution is 5.79. The van der Waals surface area contributed by atoms with Gasteiger partial charge in [-0.1, -0.05) is 37.5 Å². The van der Waals surface area contributed by atoms with Crippen molar-refractivity contribution in [3.63, 3.8) is 0 Å². The van der Waals surface area contributed by atoms with Gasteiger partial charge in [-0.25, -0.2) is 0 Å². The molecule has 108 valence electrons. The molecule has 0 radical (unpaired) electrons. The van der Waals surface area contributed by atoms with Crippen molar-refractivity contribution in [3.8, 4) is 0 Å². The van der Waals surface area contributed by atoms with Crippen LogP contribution in [-0.2, 0) is 4.79 Å². The van der Waals surface area contributed by atoms with Gasteiger partial charge >= 0.3 is 0 Å². The second-order valence-corrected chi connectivity index (χ2v) is 5.98. The number of hydrogen-bond donors (Lipinski definition) is 0. The molecule has 0 bridgehead atoms. The molecule has 1 saturated heterocycles. The summed E-state index contributed by atoms with van der Waals surface area (Å²) in [5.41, 5.74) is 1.28. The van der Waals surface area contributed by atoms with Crippen molar-refractivity contribution in [1.82, 2.24) is 4.90 Å². The molecule has 1 aliphatic heterocycles. The predicted molar refractivity (Wildman–Crippen MR) is 81.8 cm³/mol. The van der Waals surface area contributed by atoms with Crippen LogP contribution in [0.25, 0.3) is 0 Å². The molecule has 0 N–H and O–H groups in total. The van der Waals surface area contributed by atoms with E-state index in [1.807, 2.05) is 6.07 Å². The fourth-order valence-electron chi connectivity index (χ4n) is 3.43. The number of carbonyl (C=O) groups is 1. The third kappa shape index (κ3) is 2.97. The third-order valence-electron chi connectivity index (χ3n) is 4.67. The Morgan fingerprint density at radius 1 is 0.900 bits per heavy atom. The smallest absolute Gasteiger partial charge is 0.225 e. The molecule has 1 heterocycles. The zero-order valence-corrected chi connectivity index (χ0v) is 12.1. The highest BCUT2D eigenvalue weighted by atomic mass is 16.1. The van der Waals surface area contributed by atoms with Crippen molar-refractivity contribution in [1.29, 1.82) is 0 Å². The summed E-state index contributed by atoms with van der Waals surface area (Å²) in [6, 6.07) is 10.5. The van der Waals surface area contributed by atoms with E-state index in [2.05, 4.69) is 34.1 Å². The maximum absolute atomic E-state index is 12.5. The first-order valence-electron chi connectivity index (χ1n) is 7.93. The van der Waals surface area contributed by atoms with Gasteiger partial charge in [-0.15, -0.1) is 0 Å². The van der Waals surface area contributed by atoms with Crippen LogP contribution in [-0.4, -0.2) is 37.0 Å². The first kappa shape index (κ1) is 13.5. The van der Waals surface area contributed by atoms with Gasteiger partial charge in [0.1, 0.15) is 0 Å². The highest BCUT2D eigenvalue weighted by Crippen LogP contribution is 2.26. The van der Waals surface area contributed by atoms with Crippen LogP contribution in [0.2, 0.25) is 0 Å². The minimum Gasteiger partial charge on any atom is -0.368 e. The summed E-state index contributed by atoms with van der Waals surface area (Å²) in [5.74, 6) is 0.726. The topological polar surface area (TPSA) is 23.6 Å². The van der Waals surface area contributed by atoms with Crippen LogP contribution in [0.15, 0.2) is 30.3 Å². The summed E-state index contributed by atoms with van der Waals surface area (Å²) in [7, 11) is 0.